The van der Waals surface area contributed by atoms with Crippen molar-refractivity contribution in [3.63, 3.8) is 0 Å². The van der Waals surface area contributed by atoms with Gasteiger partial charge in [-0.1, -0.05) is 11.6 Å². The first-order valence-corrected chi connectivity index (χ1v) is 5.02. The molecule has 84 valence electrons. The highest BCUT2D eigenvalue weighted by molar-refractivity contribution is 6.29. The molecule has 16 heavy (non-hydrogen) atoms. The van der Waals surface area contributed by atoms with Gasteiger partial charge in [0, 0.05) is 5.69 Å². The number of aromatic nitrogens is 2. The van der Waals surface area contributed by atoms with Crippen LogP contribution in [-0.4, -0.2) is 33.4 Å². The summed E-state index contributed by atoms with van der Waals surface area (Å²) in [6.45, 7) is 1.84. The molecule has 0 aromatic carbocycles. The second kappa shape index (κ2) is 4.05. The maximum absolute atomic E-state index is 11.3. The lowest BCUT2D eigenvalue weighted by Gasteiger charge is -2.11. The molecule has 1 aromatic rings. The molecular formula is C9H9ClN4O2. The minimum absolute atomic E-state index is 0.0262. The number of aryl methyl sites for hydroxylation is 1. The fraction of sp³-hybridized carbons (Fsp3) is 0.333. The maximum atomic E-state index is 11.3. The molecule has 6 nitrogen and oxygen atoms in total. The van der Waals surface area contributed by atoms with Crippen LogP contribution in [-0.2, 0) is 11.3 Å². The largest absolute Gasteiger partial charge is 0.329 e. The lowest BCUT2D eigenvalue weighted by atomic mass is 10.4. The summed E-state index contributed by atoms with van der Waals surface area (Å²) in [4.78, 5) is 31.7. The summed E-state index contributed by atoms with van der Waals surface area (Å²) >= 11 is 5.75. The molecule has 0 bridgehead atoms. The van der Waals surface area contributed by atoms with Gasteiger partial charge < -0.3 is 5.32 Å². The maximum Gasteiger partial charge on any atom is 0.325 e. The molecule has 7 heteroatoms. The van der Waals surface area contributed by atoms with E-state index in [9.17, 15) is 9.59 Å². The van der Waals surface area contributed by atoms with Crippen LogP contribution >= 0.6 is 11.6 Å². The first-order valence-electron chi connectivity index (χ1n) is 4.64. The predicted octanol–water partition coefficient (Wildman–Crippen LogP) is 0.490. The Morgan fingerprint density at radius 2 is 2.25 bits per heavy atom. The lowest BCUT2D eigenvalue weighted by molar-refractivity contribution is -0.125. The van der Waals surface area contributed by atoms with Crippen molar-refractivity contribution in [1.82, 2.24) is 20.2 Å². The molecule has 1 fully saturated rings. The second-order valence-corrected chi connectivity index (χ2v) is 3.77. The van der Waals surface area contributed by atoms with Crippen LogP contribution in [0.2, 0.25) is 5.15 Å². The Morgan fingerprint density at radius 3 is 2.81 bits per heavy atom. The molecule has 0 saturated carbocycles. The zero-order valence-electron chi connectivity index (χ0n) is 8.53. The summed E-state index contributed by atoms with van der Waals surface area (Å²) in [5.74, 6) is 0.0710. The Balaban J connectivity index is 2.20. The molecule has 1 aromatic heterocycles. The average Bonchev–Trinajstić information content (AvgIpc) is 2.48. The van der Waals surface area contributed by atoms with Crippen LogP contribution in [0, 0.1) is 6.92 Å². The van der Waals surface area contributed by atoms with Crippen molar-refractivity contribution in [2.45, 2.75) is 13.5 Å². The summed E-state index contributed by atoms with van der Waals surface area (Å²) in [5.41, 5.74) is 0.696. The van der Waals surface area contributed by atoms with Gasteiger partial charge in [-0.2, -0.15) is 0 Å². The summed E-state index contributed by atoms with van der Waals surface area (Å²) in [6.07, 6.45) is 0. The van der Waals surface area contributed by atoms with E-state index in [0.717, 1.165) is 4.90 Å². The van der Waals surface area contributed by atoms with E-state index in [1.165, 1.54) is 0 Å². The van der Waals surface area contributed by atoms with Crippen LogP contribution in [0.1, 0.15) is 11.5 Å². The molecule has 1 saturated heterocycles. The Morgan fingerprint density at radius 1 is 1.50 bits per heavy atom. The summed E-state index contributed by atoms with van der Waals surface area (Å²) in [5, 5.41) is 2.72. The molecule has 3 amide bonds. The molecule has 0 spiro atoms. The molecule has 0 radical (unpaired) electrons. The van der Waals surface area contributed by atoms with E-state index in [0.29, 0.717) is 16.7 Å². The van der Waals surface area contributed by atoms with Crippen LogP contribution in [0.15, 0.2) is 6.07 Å². The predicted molar refractivity (Wildman–Crippen MR) is 55.7 cm³/mol. The monoisotopic (exact) mass is 240 g/mol. The number of halogens is 1. The number of nitrogens with zero attached hydrogens (tertiary/aromatic N) is 3. The molecule has 2 heterocycles. The van der Waals surface area contributed by atoms with Gasteiger partial charge >= 0.3 is 6.03 Å². The van der Waals surface area contributed by atoms with Gasteiger partial charge in [-0.3, -0.25) is 9.69 Å². The molecule has 1 aliphatic rings. The minimum Gasteiger partial charge on any atom is -0.329 e. The highest BCUT2D eigenvalue weighted by Gasteiger charge is 2.29. The van der Waals surface area contributed by atoms with Crippen molar-refractivity contribution in [2.24, 2.45) is 0 Å². The molecule has 0 unspecified atom stereocenters. The smallest absolute Gasteiger partial charge is 0.325 e. The van der Waals surface area contributed by atoms with Crippen LogP contribution in [0.4, 0.5) is 4.79 Å². The van der Waals surface area contributed by atoms with Crippen molar-refractivity contribution in [1.29, 1.82) is 0 Å². The quantitative estimate of drug-likeness (QED) is 0.603. The standard InChI is InChI=1S/C9H9ClN4O2/c1-5-2-6(10)13-7(12-5)4-14-8(15)3-11-9(14)16/h2H,3-4H2,1H3,(H,11,16). The third kappa shape index (κ3) is 2.11. The molecule has 1 aliphatic heterocycles. The van der Waals surface area contributed by atoms with Crippen molar-refractivity contribution >= 4 is 23.5 Å². The van der Waals surface area contributed by atoms with Gasteiger partial charge in [-0.15, -0.1) is 0 Å². The number of urea groups is 1. The molecular weight excluding hydrogens is 232 g/mol. The topological polar surface area (TPSA) is 75.2 Å². The normalized spacial score (nSPS) is 15.5. The Kier molecular flexibility index (Phi) is 2.74. The van der Waals surface area contributed by atoms with Crippen molar-refractivity contribution in [3.05, 3.63) is 22.7 Å². The SMILES string of the molecule is Cc1cc(Cl)nc(CN2C(=O)CNC2=O)n1. The highest BCUT2D eigenvalue weighted by atomic mass is 35.5. The minimum atomic E-state index is -0.425. The van der Waals surface area contributed by atoms with Crippen molar-refractivity contribution in [3.8, 4) is 0 Å². The number of amides is 3. The summed E-state index contributed by atoms with van der Waals surface area (Å²) in [7, 11) is 0. The van der Waals surface area contributed by atoms with E-state index in [4.69, 9.17) is 11.6 Å². The van der Waals surface area contributed by atoms with Crippen LogP contribution in [0.25, 0.3) is 0 Å². The summed E-state index contributed by atoms with van der Waals surface area (Å²) < 4.78 is 0. The number of carbonyl (C=O) groups excluding carboxylic acids is 2. The number of hydrogen-bond donors (Lipinski definition) is 1. The number of imide groups is 1. The van der Waals surface area contributed by atoms with E-state index < -0.39 is 6.03 Å². The van der Waals surface area contributed by atoms with Crippen LogP contribution in [0.5, 0.6) is 0 Å². The van der Waals surface area contributed by atoms with E-state index in [2.05, 4.69) is 15.3 Å². The fourth-order valence-corrected chi connectivity index (χ4v) is 1.67. The Hall–Kier alpha value is -1.69. The number of carbonyl (C=O) groups is 2. The van der Waals surface area contributed by atoms with Gasteiger partial charge in [0.1, 0.15) is 11.0 Å². The van der Waals surface area contributed by atoms with E-state index in [-0.39, 0.29) is 19.0 Å². The zero-order valence-corrected chi connectivity index (χ0v) is 9.28. The zero-order chi connectivity index (χ0) is 11.7. The van der Waals surface area contributed by atoms with Crippen molar-refractivity contribution < 1.29 is 9.59 Å². The molecule has 2 rings (SSSR count). The highest BCUT2D eigenvalue weighted by Crippen LogP contribution is 2.10. The Bertz CT molecular complexity index is 427. The fourth-order valence-electron chi connectivity index (χ4n) is 1.42. The van der Waals surface area contributed by atoms with Gasteiger partial charge in [0.2, 0.25) is 5.91 Å². The first kappa shape index (κ1) is 10.8. The molecule has 1 N–H and O–H groups in total. The average molecular weight is 241 g/mol. The van der Waals surface area contributed by atoms with Gasteiger partial charge in [0.15, 0.2) is 0 Å². The van der Waals surface area contributed by atoms with E-state index in [1.807, 2.05) is 0 Å². The molecule has 0 aliphatic carbocycles. The first-order chi connectivity index (χ1) is 7.56. The third-order valence-electron chi connectivity index (χ3n) is 2.11. The van der Waals surface area contributed by atoms with Gasteiger partial charge in [-0.25, -0.2) is 14.8 Å². The second-order valence-electron chi connectivity index (χ2n) is 3.39. The number of nitrogens with one attached hydrogen (secondary N) is 1. The van der Waals surface area contributed by atoms with E-state index in [1.54, 1.807) is 13.0 Å². The van der Waals surface area contributed by atoms with Crippen LogP contribution in [0.3, 0.4) is 0 Å². The number of rotatable bonds is 2. The Labute approximate surface area is 96.6 Å². The summed E-state index contributed by atoms with van der Waals surface area (Å²) in [6, 6.07) is 1.18. The lowest BCUT2D eigenvalue weighted by Crippen LogP contribution is -2.31. The van der Waals surface area contributed by atoms with Gasteiger partial charge in [0.25, 0.3) is 0 Å². The molecule has 0 atom stereocenters. The third-order valence-corrected chi connectivity index (χ3v) is 2.30. The number of hydrogen-bond acceptors (Lipinski definition) is 4. The van der Waals surface area contributed by atoms with Crippen LogP contribution < -0.4 is 5.32 Å². The van der Waals surface area contributed by atoms with Crippen molar-refractivity contribution in [2.75, 3.05) is 6.54 Å². The van der Waals surface area contributed by atoms with Gasteiger partial charge in [0.05, 0.1) is 13.1 Å². The van der Waals surface area contributed by atoms with Gasteiger partial charge in [-0.05, 0) is 13.0 Å². The van der Waals surface area contributed by atoms with E-state index >= 15 is 0 Å².